The highest BCUT2D eigenvalue weighted by Crippen LogP contribution is 2.34. The van der Waals surface area contributed by atoms with Gasteiger partial charge in [-0.15, -0.1) is 0 Å². The molecule has 7 nitrogen and oxygen atoms in total. The first-order valence-electron chi connectivity index (χ1n) is 7.52. The van der Waals surface area contributed by atoms with E-state index in [1.807, 2.05) is 12.1 Å². The number of imidazole rings is 1. The molecule has 3 aromatic rings. The van der Waals surface area contributed by atoms with E-state index in [-0.39, 0.29) is 18.0 Å². The first-order valence-corrected chi connectivity index (χ1v) is 7.52. The molecule has 0 saturated heterocycles. The molecule has 0 unspecified atom stereocenters. The number of phenolic OH excluding ortho intramolecular Hbond substituents is 2. The number of aromatic nitrogens is 2. The summed E-state index contributed by atoms with van der Waals surface area (Å²) < 4.78 is 1.68. The third-order valence-corrected chi connectivity index (χ3v) is 4.44. The predicted octanol–water partition coefficient (Wildman–Crippen LogP) is 0.883. The van der Waals surface area contributed by atoms with Crippen LogP contribution in [0.15, 0.2) is 36.4 Å². The lowest BCUT2D eigenvalue weighted by Gasteiger charge is -2.29. The van der Waals surface area contributed by atoms with Crippen LogP contribution in [-0.4, -0.2) is 47.3 Å². The number of phenols is 2. The lowest BCUT2D eigenvalue weighted by atomic mass is 10.0. The van der Waals surface area contributed by atoms with E-state index in [9.17, 15) is 25.5 Å². The van der Waals surface area contributed by atoms with Crippen LogP contribution in [0, 0.1) is 0 Å². The molecule has 0 fully saturated rings. The van der Waals surface area contributed by atoms with E-state index >= 15 is 0 Å². The van der Waals surface area contributed by atoms with Crippen molar-refractivity contribution in [3.8, 4) is 22.6 Å². The van der Waals surface area contributed by atoms with Crippen LogP contribution in [0.4, 0.5) is 0 Å². The van der Waals surface area contributed by atoms with Crippen molar-refractivity contribution >= 4 is 11.0 Å². The molecular weight excluding hydrogens is 312 g/mol. The summed E-state index contributed by atoms with van der Waals surface area (Å²) in [7, 11) is 0. The van der Waals surface area contributed by atoms with Crippen LogP contribution in [0.3, 0.4) is 0 Å². The average Bonchev–Trinajstić information content (AvgIpc) is 2.93. The number of fused-ring (bicyclic) bond motifs is 3. The molecule has 2 aromatic carbocycles. The zero-order valence-corrected chi connectivity index (χ0v) is 12.5. The Morgan fingerprint density at radius 1 is 0.917 bits per heavy atom. The molecule has 0 aliphatic carbocycles. The van der Waals surface area contributed by atoms with Gasteiger partial charge in [0.1, 0.15) is 24.1 Å². The maximum Gasteiger partial charge on any atom is 0.158 e. The number of nitrogens with zero attached hydrogens (tertiary/aromatic N) is 2. The Hall–Kier alpha value is -2.61. The fraction of sp³-hybridized carbons (Fsp3) is 0.235. The lowest BCUT2D eigenvalue weighted by Crippen LogP contribution is -2.41. The molecule has 0 amide bonds. The van der Waals surface area contributed by atoms with Gasteiger partial charge in [-0.25, -0.2) is 4.98 Å². The lowest BCUT2D eigenvalue weighted by molar-refractivity contribution is -0.0846. The van der Waals surface area contributed by atoms with E-state index in [1.54, 1.807) is 16.7 Å². The highest BCUT2D eigenvalue weighted by Gasteiger charge is 2.35. The van der Waals surface area contributed by atoms with Crippen molar-refractivity contribution in [1.29, 1.82) is 0 Å². The number of aliphatic hydroxyl groups excluding tert-OH is 3. The third-order valence-electron chi connectivity index (χ3n) is 4.44. The molecule has 1 aromatic heterocycles. The van der Waals surface area contributed by atoms with Gasteiger partial charge in [-0.2, -0.15) is 0 Å². The second-order valence-corrected chi connectivity index (χ2v) is 5.99. The summed E-state index contributed by atoms with van der Waals surface area (Å²) in [5.41, 5.74) is 2.84. The van der Waals surface area contributed by atoms with Gasteiger partial charge in [-0.05, 0) is 35.4 Å². The quantitative estimate of drug-likeness (QED) is 0.423. The van der Waals surface area contributed by atoms with Crippen molar-refractivity contribution in [3.63, 3.8) is 0 Å². The van der Waals surface area contributed by atoms with Crippen LogP contribution < -0.4 is 0 Å². The molecular formula is C17H16N2O5. The third kappa shape index (κ3) is 2.14. The Kier molecular flexibility index (Phi) is 3.24. The fourth-order valence-electron chi connectivity index (χ4n) is 3.10. The summed E-state index contributed by atoms with van der Waals surface area (Å²) in [4.78, 5) is 4.34. The average molecular weight is 328 g/mol. The van der Waals surface area contributed by atoms with Crippen molar-refractivity contribution in [3.05, 3.63) is 42.2 Å². The van der Waals surface area contributed by atoms with E-state index in [0.29, 0.717) is 22.4 Å². The minimum atomic E-state index is -1.26. The summed E-state index contributed by atoms with van der Waals surface area (Å²) in [6.07, 6.45) is -3.59. The summed E-state index contributed by atoms with van der Waals surface area (Å²) in [6, 6.07) is 9.95. The van der Waals surface area contributed by atoms with Gasteiger partial charge in [0.2, 0.25) is 0 Å². The molecule has 2 heterocycles. The summed E-state index contributed by atoms with van der Waals surface area (Å²) >= 11 is 0. The molecule has 7 heteroatoms. The molecule has 0 radical (unpaired) electrons. The normalized spacial score (nSPS) is 23.4. The zero-order chi connectivity index (χ0) is 17.0. The SMILES string of the molecule is Oc1ccc(-c2ccc3nc4n(c3c2)C[C@@H](O)[C@@H](O)[C@H]4O)cc1O. The van der Waals surface area contributed by atoms with Gasteiger partial charge in [-0.3, -0.25) is 0 Å². The molecule has 0 saturated carbocycles. The maximum atomic E-state index is 10.1. The van der Waals surface area contributed by atoms with Crippen molar-refractivity contribution in [2.24, 2.45) is 0 Å². The number of aliphatic hydroxyl groups is 3. The smallest absolute Gasteiger partial charge is 0.158 e. The minimum absolute atomic E-state index is 0.133. The summed E-state index contributed by atoms with van der Waals surface area (Å²) in [6.45, 7) is 0.133. The first-order chi connectivity index (χ1) is 11.5. The van der Waals surface area contributed by atoms with Gasteiger partial charge in [0.25, 0.3) is 0 Å². The van der Waals surface area contributed by atoms with E-state index in [0.717, 1.165) is 5.56 Å². The summed E-state index contributed by atoms with van der Waals surface area (Å²) in [5.74, 6) is -0.0906. The predicted molar refractivity (Wildman–Crippen MR) is 85.5 cm³/mol. The van der Waals surface area contributed by atoms with E-state index in [1.165, 1.54) is 12.1 Å². The topological polar surface area (TPSA) is 119 Å². The maximum absolute atomic E-state index is 10.1. The van der Waals surface area contributed by atoms with Gasteiger partial charge in [0.15, 0.2) is 11.5 Å². The van der Waals surface area contributed by atoms with Crippen LogP contribution in [0.1, 0.15) is 11.9 Å². The Labute approximate surface area is 136 Å². The minimum Gasteiger partial charge on any atom is -0.504 e. The van der Waals surface area contributed by atoms with Gasteiger partial charge >= 0.3 is 0 Å². The molecule has 5 N–H and O–H groups in total. The highest BCUT2D eigenvalue weighted by atomic mass is 16.4. The van der Waals surface area contributed by atoms with Crippen LogP contribution in [0.25, 0.3) is 22.2 Å². The summed E-state index contributed by atoms with van der Waals surface area (Å²) in [5, 5.41) is 48.9. The van der Waals surface area contributed by atoms with Gasteiger partial charge < -0.3 is 30.1 Å². The number of benzene rings is 2. The van der Waals surface area contributed by atoms with E-state index in [4.69, 9.17) is 0 Å². The molecule has 1 aliphatic heterocycles. The zero-order valence-electron chi connectivity index (χ0n) is 12.5. The Bertz CT molecular complexity index is 936. The molecule has 3 atom stereocenters. The largest absolute Gasteiger partial charge is 0.504 e. The molecule has 24 heavy (non-hydrogen) atoms. The molecule has 0 bridgehead atoms. The molecule has 1 aliphatic rings. The van der Waals surface area contributed by atoms with Crippen LogP contribution in [0.2, 0.25) is 0 Å². The van der Waals surface area contributed by atoms with Crippen molar-refractivity contribution in [2.75, 3.05) is 0 Å². The highest BCUT2D eigenvalue weighted by molar-refractivity contribution is 5.83. The number of hydrogen-bond acceptors (Lipinski definition) is 6. The van der Waals surface area contributed by atoms with Gasteiger partial charge in [0.05, 0.1) is 17.6 Å². The van der Waals surface area contributed by atoms with Gasteiger partial charge in [-0.1, -0.05) is 12.1 Å². The van der Waals surface area contributed by atoms with Crippen molar-refractivity contribution < 1.29 is 25.5 Å². The van der Waals surface area contributed by atoms with Crippen LogP contribution in [-0.2, 0) is 6.54 Å². The second-order valence-electron chi connectivity index (χ2n) is 5.99. The second kappa shape index (κ2) is 5.20. The molecule has 124 valence electrons. The van der Waals surface area contributed by atoms with E-state index in [2.05, 4.69) is 4.98 Å². The van der Waals surface area contributed by atoms with Crippen LogP contribution in [0.5, 0.6) is 11.5 Å². The Morgan fingerprint density at radius 2 is 1.62 bits per heavy atom. The molecule has 0 spiro atoms. The van der Waals surface area contributed by atoms with Gasteiger partial charge in [0, 0.05) is 0 Å². The fourth-order valence-corrected chi connectivity index (χ4v) is 3.10. The van der Waals surface area contributed by atoms with Crippen LogP contribution >= 0.6 is 0 Å². The monoisotopic (exact) mass is 328 g/mol. The number of aromatic hydroxyl groups is 2. The van der Waals surface area contributed by atoms with Crippen molar-refractivity contribution in [1.82, 2.24) is 9.55 Å². The number of rotatable bonds is 1. The van der Waals surface area contributed by atoms with Crippen molar-refractivity contribution in [2.45, 2.75) is 24.9 Å². The molecule has 4 rings (SSSR count). The Morgan fingerprint density at radius 3 is 2.38 bits per heavy atom. The Balaban J connectivity index is 1.87. The standard InChI is InChI=1S/C17H16N2O5/c20-12-4-2-9(6-13(12)21)8-1-3-10-11(5-8)19-7-14(22)15(23)16(24)17(19)18-10/h1-6,14-16,20-24H,7H2/t14-,15-,16-/m1/s1. The first kappa shape index (κ1) is 14.9. The van der Waals surface area contributed by atoms with E-state index < -0.39 is 18.3 Å². The number of hydrogen-bond donors (Lipinski definition) is 5.